The Hall–Kier alpha value is -1.13. The summed E-state index contributed by atoms with van der Waals surface area (Å²) in [5.41, 5.74) is 7.09. The van der Waals surface area contributed by atoms with E-state index in [9.17, 15) is 5.11 Å². The Morgan fingerprint density at radius 2 is 2.11 bits per heavy atom. The zero-order valence-corrected chi connectivity index (χ0v) is 12.0. The van der Waals surface area contributed by atoms with E-state index in [-0.39, 0.29) is 5.54 Å². The molecule has 106 valence electrons. The lowest BCUT2D eigenvalue weighted by Gasteiger charge is -2.46. The molecule has 1 aliphatic heterocycles. The van der Waals surface area contributed by atoms with Crippen molar-refractivity contribution in [3.63, 3.8) is 0 Å². The highest BCUT2D eigenvalue weighted by atomic mass is 16.3. The van der Waals surface area contributed by atoms with Crippen LogP contribution in [0.3, 0.4) is 0 Å². The lowest BCUT2D eigenvalue weighted by atomic mass is 9.84. The molecule has 3 N–H and O–H groups in total. The van der Waals surface area contributed by atoms with Crippen molar-refractivity contribution in [3.05, 3.63) is 24.0 Å². The van der Waals surface area contributed by atoms with E-state index in [0.717, 1.165) is 25.1 Å². The van der Waals surface area contributed by atoms with Crippen LogP contribution in [0.5, 0.6) is 0 Å². The van der Waals surface area contributed by atoms with Crippen LogP contribution >= 0.6 is 0 Å². The molecule has 0 aliphatic carbocycles. The topological polar surface area (TPSA) is 62.4 Å². The van der Waals surface area contributed by atoms with Gasteiger partial charge in [-0.25, -0.2) is 0 Å². The SMILES string of the molecule is CCC(C)(C(O)c1cnccc1N)N1CCCCC1. The minimum absolute atomic E-state index is 0.266. The number of piperidine rings is 1. The van der Waals surface area contributed by atoms with Gasteiger partial charge in [0.25, 0.3) is 0 Å². The lowest BCUT2D eigenvalue weighted by molar-refractivity contribution is -0.0350. The summed E-state index contributed by atoms with van der Waals surface area (Å²) in [7, 11) is 0. The van der Waals surface area contributed by atoms with Crippen LogP contribution < -0.4 is 5.73 Å². The molecular weight excluding hydrogens is 238 g/mol. The van der Waals surface area contributed by atoms with Crippen LogP contribution in [0.15, 0.2) is 18.5 Å². The van der Waals surface area contributed by atoms with Gasteiger partial charge in [-0.15, -0.1) is 0 Å². The summed E-state index contributed by atoms with van der Waals surface area (Å²) < 4.78 is 0. The van der Waals surface area contributed by atoms with Crippen molar-refractivity contribution in [2.45, 2.75) is 51.2 Å². The van der Waals surface area contributed by atoms with E-state index in [1.807, 2.05) is 0 Å². The molecule has 0 saturated carbocycles. The number of hydrogen-bond acceptors (Lipinski definition) is 4. The minimum atomic E-state index is -0.593. The molecule has 2 heterocycles. The van der Waals surface area contributed by atoms with E-state index in [2.05, 4.69) is 23.7 Å². The van der Waals surface area contributed by atoms with Gasteiger partial charge in [0.15, 0.2) is 0 Å². The molecule has 4 heteroatoms. The molecule has 0 amide bonds. The van der Waals surface area contributed by atoms with Gasteiger partial charge in [-0.05, 0) is 45.3 Å². The highest BCUT2D eigenvalue weighted by molar-refractivity contribution is 5.46. The van der Waals surface area contributed by atoms with Gasteiger partial charge in [0.2, 0.25) is 0 Å². The third-order valence-electron chi connectivity index (χ3n) is 4.57. The monoisotopic (exact) mass is 263 g/mol. The maximum absolute atomic E-state index is 10.8. The van der Waals surface area contributed by atoms with Gasteiger partial charge >= 0.3 is 0 Å². The molecule has 0 bridgehead atoms. The molecule has 1 aromatic rings. The van der Waals surface area contributed by atoms with E-state index in [0.29, 0.717) is 5.69 Å². The number of likely N-dealkylation sites (tertiary alicyclic amines) is 1. The molecule has 4 nitrogen and oxygen atoms in total. The number of pyridine rings is 1. The number of aromatic nitrogens is 1. The van der Waals surface area contributed by atoms with Crippen molar-refractivity contribution in [3.8, 4) is 0 Å². The van der Waals surface area contributed by atoms with Crippen LogP contribution in [0.1, 0.15) is 51.2 Å². The van der Waals surface area contributed by atoms with Gasteiger partial charge in [-0.3, -0.25) is 9.88 Å². The van der Waals surface area contributed by atoms with E-state index in [1.165, 1.54) is 19.3 Å². The summed E-state index contributed by atoms with van der Waals surface area (Å²) in [6.07, 6.45) is 7.37. The van der Waals surface area contributed by atoms with Gasteiger partial charge in [0, 0.05) is 29.2 Å². The normalized spacial score (nSPS) is 21.8. The summed E-state index contributed by atoms with van der Waals surface area (Å²) in [4.78, 5) is 6.51. The quantitative estimate of drug-likeness (QED) is 0.875. The van der Waals surface area contributed by atoms with Gasteiger partial charge in [0.05, 0.1) is 0 Å². The Balaban J connectivity index is 2.27. The van der Waals surface area contributed by atoms with E-state index >= 15 is 0 Å². The second kappa shape index (κ2) is 5.88. The van der Waals surface area contributed by atoms with Crippen LogP contribution in [0.2, 0.25) is 0 Å². The van der Waals surface area contributed by atoms with Crippen LogP contribution in [-0.4, -0.2) is 33.6 Å². The largest absolute Gasteiger partial charge is 0.398 e. The molecule has 0 radical (unpaired) electrons. The number of nitrogens with two attached hydrogens (primary N) is 1. The number of nitrogen functional groups attached to an aromatic ring is 1. The highest BCUT2D eigenvalue weighted by Crippen LogP contribution is 2.37. The number of anilines is 1. The first kappa shape index (κ1) is 14.3. The predicted molar refractivity (Wildman–Crippen MR) is 77.7 cm³/mol. The first-order valence-corrected chi connectivity index (χ1v) is 7.22. The van der Waals surface area contributed by atoms with E-state index < -0.39 is 6.10 Å². The van der Waals surface area contributed by atoms with Crippen LogP contribution in [0, 0.1) is 0 Å². The van der Waals surface area contributed by atoms with Crippen LogP contribution in [-0.2, 0) is 0 Å². The first-order chi connectivity index (χ1) is 9.09. The zero-order valence-electron chi connectivity index (χ0n) is 12.0. The molecule has 1 saturated heterocycles. The van der Waals surface area contributed by atoms with Gasteiger partial charge in [0.1, 0.15) is 6.10 Å². The molecule has 0 spiro atoms. The second-order valence-corrected chi connectivity index (χ2v) is 5.67. The van der Waals surface area contributed by atoms with Crippen molar-refractivity contribution in [1.82, 2.24) is 9.88 Å². The fraction of sp³-hybridized carbons (Fsp3) is 0.667. The molecule has 0 aromatic carbocycles. The predicted octanol–water partition coefficient (Wildman–Crippen LogP) is 2.35. The van der Waals surface area contributed by atoms with Gasteiger partial charge in [-0.2, -0.15) is 0 Å². The number of aliphatic hydroxyl groups excluding tert-OH is 1. The van der Waals surface area contributed by atoms with Crippen molar-refractivity contribution in [2.75, 3.05) is 18.8 Å². The second-order valence-electron chi connectivity index (χ2n) is 5.67. The summed E-state index contributed by atoms with van der Waals surface area (Å²) in [5, 5.41) is 10.8. The maximum Gasteiger partial charge on any atom is 0.101 e. The van der Waals surface area contributed by atoms with Gasteiger partial charge < -0.3 is 10.8 Å². The molecule has 2 atom stereocenters. The minimum Gasteiger partial charge on any atom is -0.398 e. The summed E-state index contributed by atoms with van der Waals surface area (Å²) >= 11 is 0. The average Bonchev–Trinajstić information content (AvgIpc) is 2.47. The number of hydrogen-bond donors (Lipinski definition) is 2. The van der Waals surface area contributed by atoms with Crippen LogP contribution in [0.4, 0.5) is 5.69 Å². The van der Waals surface area contributed by atoms with E-state index in [4.69, 9.17) is 5.73 Å². The number of nitrogens with zero attached hydrogens (tertiary/aromatic N) is 2. The number of rotatable bonds is 4. The van der Waals surface area contributed by atoms with Crippen molar-refractivity contribution in [1.29, 1.82) is 0 Å². The fourth-order valence-corrected chi connectivity index (χ4v) is 2.98. The Morgan fingerprint density at radius 1 is 1.42 bits per heavy atom. The third kappa shape index (κ3) is 2.74. The van der Waals surface area contributed by atoms with Crippen molar-refractivity contribution < 1.29 is 5.11 Å². The standard InChI is InChI=1S/C15H25N3O/c1-3-15(2,18-9-5-4-6-10-18)14(19)12-11-17-8-7-13(12)16/h7-8,11,14,19H,3-6,9-10H2,1-2H3,(H2,16,17). The molecule has 1 fully saturated rings. The summed E-state index contributed by atoms with van der Waals surface area (Å²) in [6, 6.07) is 1.75. The molecule has 2 unspecified atom stereocenters. The number of aliphatic hydroxyl groups is 1. The van der Waals surface area contributed by atoms with Crippen molar-refractivity contribution >= 4 is 5.69 Å². The average molecular weight is 263 g/mol. The van der Waals surface area contributed by atoms with E-state index in [1.54, 1.807) is 18.5 Å². The fourth-order valence-electron chi connectivity index (χ4n) is 2.98. The van der Waals surface area contributed by atoms with Crippen molar-refractivity contribution in [2.24, 2.45) is 0 Å². The molecule has 2 rings (SSSR count). The first-order valence-electron chi connectivity index (χ1n) is 7.22. The van der Waals surface area contributed by atoms with Gasteiger partial charge in [-0.1, -0.05) is 13.3 Å². The lowest BCUT2D eigenvalue weighted by Crippen LogP contribution is -2.52. The summed E-state index contributed by atoms with van der Waals surface area (Å²) in [6.45, 7) is 6.38. The molecule has 19 heavy (non-hydrogen) atoms. The maximum atomic E-state index is 10.8. The Labute approximate surface area is 115 Å². The Morgan fingerprint density at radius 3 is 2.68 bits per heavy atom. The Kier molecular flexibility index (Phi) is 4.42. The van der Waals surface area contributed by atoms with Crippen LogP contribution in [0.25, 0.3) is 0 Å². The third-order valence-corrected chi connectivity index (χ3v) is 4.57. The molecule has 1 aromatic heterocycles. The zero-order chi connectivity index (χ0) is 13.9. The smallest absolute Gasteiger partial charge is 0.101 e. The molecular formula is C15H25N3O. The molecule has 1 aliphatic rings. The Bertz CT molecular complexity index is 418. The highest BCUT2D eigenvalue weighted by Gasteiger charge is 2.39. The summed E-state index contributed by atoms with van der Waals surface area (Å²) in [5.74, 6) is 0.